The Bertz CT molecular complexity index is 622. The molecule has 0 N–H and O–H groups in total. The quantitative estimate of drug-likeness (QED) is 0.452. The average Bonchev–Trinajstić information content (AvgIpc) is 2.95. The monoisotopic (exact) mass is 484 g/mol. The van der Waals surface area contributed by atoms with E-state index < -0.39 is 0 Å². The molecule has 0 amide bonds. The van der Waals surface area contributed by atoms with Crippen molar-refractivity contribution in [2.24, 2.45) is 0 Å². The summed E-state index contributed by atoms with van der Waals surface area (Å²) in [7, 11) is 0. The van der Waals surface area contributed by atoms with Gasteiger partial charge in [0.25, 0.3) is 0 Å². The fourth-order valence-electron chi connectivity index (χ4n) is 2.13. The molecule has 1 unspecified atom stereocenters. The van der Waals surface area contributed by atoms with E-state index in [1.54, 1.807) is 11.3 Å². The molecule has 0 fully saturated rings. The largest absolute Gasteiger partial charge is 0.493 e. The Hall–Kier alpha value is 0.450. The number of ether oxygens (including phenoxy) is 1. The van der Waals surface area contributed by atoms with Gasteiger partial charge in [0, 0.05) is 25.8 Å². The lowest BCUT2D eigenvalue weighted by atomic mass is 10.0. The molecule has 0 aliphatic carbocycles. The van der Waals surface area contributed by atoms with Crippen molar-refractivity contribution in [3.05, 3.63) is 46.9 Å². The van der Waals surface area contributed by atoms with Gasteiger partial charge in [0.05, 0.1) is 15.8 Å². The van der Waals surface area contributed by atoms with Crippen molar-refractivity contribution in [2.45, 2.75) is 11.8 Å². The second kappa shape index (κ2) is 5.68. The third kappa shape index (κ3) is 2.77. The number of alkyl halides is 1. The topological polar surface area (TPSA) is 9.23 Å². The number of halogens is 4. The molecule has 0 saturated heterocycles. The smallest absolute Gasteiger partial charge is 0.127 e. The molecule has 1 aromatic heterocycles. The Labute approximate surface area is 145 Å². The second-order valence-corrected chi connectivity index (χ2v) is 8.82. The predicted molar refractivity (Wildman–Crippen MR) is 90.8 cm³/mol. The maximum Gasteiger partial charge on any atom is 0.127 e. The standard InChI is InChI=1S/C13H8Br3ClOS/c14-7-3-6-1-2-18-12(6)8(4-7)11(17)10-5-9(15)13(16)19-10/h3-5,11H,1-2H2. The molecule has 1 atom stereocenters. The van der Waals surface area contributed by atoms with Gasteiger partial charge < -0.3 is 4.74 Å². The first kappa shape index (κ1) is 14.4. The molecule has 6 heteroatoms. The Kier molecular flexibility index (Phi) is 4.30. The molecule has 0 bridgehead atoms. The minimum atomic E-state index is -0.197. The number of thiophene rings is 1. The number of benzene rings is 1. The lowest BCUT2D eigenvalue weighted by Gasteiger charge is -2.13. The van der Waals surface area contributed by atoms with Crippen molar-refractivity contribution >= 4 is 70.7 Å². The van der Waals surface area contributed by atoms with Crippen LogP contribution in [0.4, 0.5) is 0 Å². The molecule has 1 nitrogen and oxygen atoms in total. The van der Waals surface area contributed by atoms with Crippen molar-refractivity contribution in [3.8, 4) is 5.75 Å². The first-order chi connectivity index (χ1) is 9.06. The van der Waals surface area contributed by atoms with Crippen LogP contribution in [0.2, 0.25) is 0 Å². The zero-order valence-corrected chi connectivity index (χ0v) is 15.9. The Morgan fingerprint density at radius 1 is 1.21 bits per heavy atom. The van der Waals surface area contributed by atoms with Gasteiger partial charge >= 0.3 is 0 Å². The summed E-state index contributed by atoms with van der Waals surface area (Å²) in [5.41, 5.74) is 2.26. The van der Waals surface area contributed by atoms with E-state index in [1.165, 1.54) is 5.56 Å². The van der Waals surface area contributed by atoms with Gasteiger partial charge in [0.1, 0.15) is 5.75 Å². The molecule has 2 heterocycles. The van der Waals surface area contributed by atoms with Crippen molar-refractivity contribution in [3.63, 3.8) is 0 Å². The van der Waals surface area contributed by atoms with Crippen molar-refractivity contribution in [1.29, 1.82) is 0 Å². The highest BCUT2D eigenvalue weighted by molar-refractivity contribution is 9.13. The van der Waals surface area contributed by atoms with Crippen LogP contribution in [0.25, 0.3) is 0 Å². The molecule has 1 aliphatic heterocycles. The van der Waals surface area contributed by atoms with Crippen LogP contribution in [0.5, 0.6) is 5.75 Å². The van der Waals surface area contributed by atoms with Crippen LogP contribution in [-0.2, 0) is 6.42 Å². The molecular formula is C13H8Br3ClOS. The van der Waals surface area contributed by atoms with Crippen molar-refractivity contribution in [2.75, 3.05) is 6.61 Å². The van der Waals surface area contributed by atoms with Gasteiger partial charge in [-0.1, -0.05) is 15.9 Å². The SMILES string of the molecule is ClC(c1cc(Br)c(Br)s1)c1cc(Br)cc2c1OCC2. The highest BCUT2D eigenvalue weighted by atomic mass is 79.9. The molecule has 19 heavy (non-hydrogen) atoms. The number of hydrogen-bond acceptors (Lipinski definition) is 2. The summed E-state index contributed by atoms with van der Waals surface area (Å²) in [4.78, 5) is 1.09. The predicted octanol–water partition coefficient (Wildman–Crippen LogP) is 6.30. The van der Waals surface area contributed by atoms with Crippen molar-refractivity contribution in [1.82, 2.24) is 0 Å². The van der Waals surface area contributed by atoms with Gasteiger partial charge in [-0.05, 0) is 55.6 Å². The summed E-state index contributed by atoms with van der Waals surface area (Å²) >= 11 is 18.8. The van der Waals surface area contributed by atoms with E-state index in [9.17, 15) is 0 Å². The van der Waals surface area contributed by atoms with Gasteiger partial charge in [-0.15, -0.1) is 22.9 Å². The van der Waals surface area contributed by atoms with Gasteiger partial charge in [0.15, 0.2) is 0 Å². The van der Waals surface area contributed by atoms with E-state index in [0.29, 0.717) is 0 Å². The molecule has 1 aromatic carbocycles. The summed E-state index contributed by atoms with van der Waals surface area (Å²) in [6.07, 6.45) is 0.948. The zero-order valence-electron chi connectivity index (χ0n) is 9.55. The normalized spacial score (nSPS) is 15.2. The van der Waals surface area contributed by atoms with Crippen LogP contribution in [0.15, 0.2) is 30.9 Å². The Morgan fingerprint density at radius 2 is 2.00 bits per heavy atom. The fraction of sp³-hybridized carbons (Fsp3) is 0.231. The van der Waals surface area contributed by atoms with E-state index in [2.05, 4.69) is 59.9 Å². The van der Waals surface area contributed by atoms with Crippen LogP contribution in [0, 0.1) is 0 Å². The highest BCUT2D eigenvalue weighted by Crippen LogP contribution is 2.45. The van der Waals surface area contributed by atoms with Gasteiger partial charge in [-0.25, -0.2) is 0 Å². The summed E-state index contributed by atoms with van der Waals surface area (Å²) in [5.74, 6) is 0.948. The summed E-state index contributed by atoms with van der Waals surface area (Å²) in [6, 6.07) is 6.20. The first-order valence-corrected chi connectivity index (χ1v) is 9.23. The van der Waals surface area contributed by atoms with E-state index in [0.717, 1.165) is 41.9 Å². The summed E-state index contributed by atoms with van der Waals surface area (Å²) in [6.45, 7) is 0.736. The maximum atomic E-state index is 6.64. The van der Waals surface area contributed by atoms with Crippen LogP contribution in [0.3, 0.4) is 0 Å². The van der Waals surface area contributed by atoms with Crippen LogP contribution < -0.4 is 4.74 Å². The second-order valence-electron chi connectivity index (χ2n) is 4.21. The summed E-state index contributed by atoms with van der Waals surface area (Å²) in [5, 5.41) is -0.197. The minimum Gasteiger partial charge on any atom is -0.493 e. The van der Waals surface area contributed by atoms with E-state index in [1.807, 2.05) is 6.07 Å². The number of rotatable bonds is 2. The lowest BCUT2D eigenvalue weighted by molar-refractivity contribution is 0.353. The van der Waals surface area contributed by atoms with Gasteiger partial charge in [-0.2, -0.15) is 0 Å². The Morgan fingerprint density at radius 3 is 2.68 bits per heavy atom. The molecule has 3 rings (SSSR count). The van der Waals surface area contributed by atoms with E-state index >= 15 is 0 Å². The van der Waals surface area contributed by atoms with Crippen LogP contribution in [-0.4, -0.2) is 6.61 Å². The minimum absolute atomic E-state index is 0.197. The molecule has 100 valence electrons. The number of fused-ring (bicyclic) bond motifs is 1. The third-order valence-electron chi connectivity index (χ3n) is 2.96. The fourth-order valence-corrected chi connectivity index (χ4v) is 5.10. The van der Waals surface area contributed by atoms with Gasteiger partial charge in [0.2, 0.25) is 0 Å². The van der Waals surface area contributed by atoms with Crippen LogP contribution in [0.1, 0.15) is 21.4 Å². The molecule has 1 aliphatic rings. The number of hydrogen-bond donors (Lipinski definition) is 0. The van der Waals surface area contributed by atoms with Crippen molar-refractivity contribution < 1.29 is 4.74 Å². The Balaban J connectivity index is 2.07. The molecule has 0 spiro atoms. The van der Waals surface area contributed by atoms with E-state index in [-0.39, 0.29) is 5.38 Å². The van der Waals surface area contributed by atoms with E-state index in [4.69, 9.17) is 16.3 Å². The zero-order chi connectivity index (χ0) is 13.6. The summed E-state index contributed by atoms with van der Waals surface area (Å²) < 4.78 is 8.88. The van der Waals surface area contributed by atoms with Gasteiger partial charge in [-0.3, -0.25) is 0 Å². The molecular weight excluding hydrogens is 479 g/mol. The maximum absolute atomic E-state index is 6.64. The highest BCUT2D eigenvalue weighted by Gasteiger charge is 2.24. The first-order valence-electron chi connectivity index (χ1n) is 5.60. The molecule has 0 radical (unpaired) electrons. The molecule has 0 saturated carbocycles. The van der Waals surface area contributed by atoms with Crippen LogP contribution >= 0.6 is 70.7 Å². The average molecular weight is 487 g/mol. The lowest BCUT2D eigenvalue weighted by Crippen LogP contribution is -1.95. The third-order valence-corrected chi connectivity index (χ3v) is 7.34. The molecule has 2 aromatic rings.